The van der Waals surface area contributed by atoms with E-state index in [1.807, 2.05) is 24.3 Å². The molecule has 1 aromatic rings. The van der Waals surface area contributed by atoms with E-state index < -0.39 is 0 Å². The summed E-state index contributed by atoms with van der Waals surface area (Å²) in [6.07, 6.45) is 5.31. The van der Waals surface area contributed by atoms with Gasteiger partial charge in [0.25, 0.3) is 0 Å². The van der Waals surface area contributed by atoms with Gasteiger partial charge in [0.05, 0.1) is 12.2 Å². The third-order valence-corrected chi connectivity index (χ3v) is 3.85. The standard InChI is InChI=1S/C16H22O2/c1-3-12-18-14-9-5-4-8-13(14)15(17)16(2)10-6-7-11-16/h4-5,8-9H,3,6-7,10-12H2,1-2H3. The second kappa shape index (κ2) is 5.55. The minimum Gasteiger partial charge on any atom is -0.493 e. The lowest BCUT2D eigenvalue weighted by molar-refractivity contribution is 0.0819. The first-order chi connectivity index (χ1) is 8.67. The number of hydrogen-bond donors (Lipinski definition) is 0. The van der Waals surface area contributed by atoms with E-state index in [0.717, 1.165) is 30.6 Å². The van der Waals surface area contributed by atoms with Crippen LogP contribution in [-0.4, -0.2) is 12.4 Å². The SMILES string of the molecule is CCCOc1ccccc1C(=O)C1(C)CCCC1. The first-order valence-electron chi connectivity index (χ1n) is 6.94. The molecular formula is C16H22O2. The highest BCUT2D eigenvalue weighted by atomic mass is 16.5. The largest absolute Gasteiger partial charge is 0.493 e. The highest BCUT2D eigenvalue weighted by molar-refractivity contribution is 6.02. The van der Waals surface area contributed by atoms with Gasteiger partial charge in [-0.25, -0.2) is 0 Å². The molecule has 1 aliphatic rings. The van der Waals surface area contributed by atoms with Gasteiger partial charge in [-0.05, 0) is 31.4 Å². The Hall–Kier alpha value is -1.31. The molecule has 1 fully saturated rings. The van der Waals surface area contributed by atoms with Crippen molar-refractivity contribution in [2.24, 2.45) is 5.41 Å². The smallest absolute Gasteiger partial charge is 0.172 e. The van der Waals surface area contributed by atoms with Crippen molar-refractivity contribution < 1.29 is 9.53 Å². The van der Waals surface area contributed by atoms with Crippen molar-refractivity contribution in [2.75, 3.05) is 6.61 Å². The molecule has 0 atom stereocenters. The van der Waals surface area contributed by atoms with E-state index in [4.69, 9.17) is 4.74 Å². The summed E-state index contributed by atoms with van der Waals surface area (Å²) >= 11 is 0. The number of para-hydroxylation sites is 1. The minimum atomic E-state index is -0.175. The van der Waals surface area contributed by atoms with Crippen molar-refractivity contribution in [3.05, 3.63) is 29.8 Å². The van der Waals surface area contributed by atoms with Crippen molar-refractivity contribution in [1.29, 1.82) is 0 Å². The average Bonchev–Trinajstić information content (AvgIpc) is 2.84. The van der Waals surface area contributed by atoms with Crippen molar-refractivity contribution in [2.45, 2.75) is 46.0 Å². The molecule has 0 unspecified atom stereocenters. The van der Waals surface area contributed by atoms with E-state index in [1.165, 1.54) is 12.8 Å². The maximum Gasteiger partial charge on any atom is 0.172 e. The summed E-state index contributed by atoms with van der Waals surface area (Å²) in [5.41, 5.74) is 0.585. The zero-order valence-electron chi connectivity index (χ0n) is 11.4. The van der Waals surface area contributed by atoms with Crippen LogP contribution >= 0.6 is 0 Å². The third-order valence-electron chi connectivity index (χ3n) is 3.85. The molecule has 2 rings (SSSR count). The zero-order chi connectivity index (χ0) is 13.0. The molecule has 0 saturated heterocycles. The fraction of sp³-hybridized carbons (Fsp3) is 0.562. The lowest BCUT2D eigenvalue weighted by Crippen LogP contribution is -2.25. The Bertz CT molecular complexity index is 417. The van der Waals surface area contributed by atoms with Gasteiger partial charge in [-0.15, -0.1) is 0 Å². The van der Waals surface area contributed by atoms with Crippen molar-refractivity contribution in [3.63, 3.8) is 0 Å². The second-order valence-electron chi connectivity index (χ2n) is 5.44. The Labute approximate surface area is 109 Å². The molecule has 1 aliphatic carbocycles. The average molecular weight is 246 g/mol. The van der Waals surface area contributed by atoms with Gasteiger partial charge in [-0.3, -0.25) is 4.79 Å². The molecule has 0 heterocycles. The van der Waals surface area contributed by atoms with Gasteiger partial charge in [0.1, 0.15) is 5.75 Å². The van der Waals surface area contributed by atoms with Gasteiger partial charge < -0.3 is 4.74 Å². The first-order valence-corrected chi connectivity index (χ1v) is 6.94. The van der Waals surface area contributed by atoms with Crippen molar-refractivity contribution in [1.82, 2.24) is 0 Å². The molecule has 0 aliphatic heterocycles. The normalized spacial score (nSPS) is 17.7. The molecule has 0 N–H and O–H groups in total. The Morgan fingerprint density at radius 3 is 2.61 bits per heavy atom. The molecular weight excluding hydrogens is 224 g/mol. The molecule has 0 spiro atoms. The maximum absolute atomic E-state index is 12.7. The Kier molecular flexibility index (Phi) is 4.05. The first kappa shape index (κ1) is 13.1. The molecule has 0 amide bonds. The highest BCUT2D eigenvalue weighted by Crippen LogP contribution is 2.41. The summed E-state index contributed by atoms with van der Waals surface area (Å²) in [5.74, 6) is 1.00. The predicted octanol–water partition coefficient (Wildman–Crippen LogP) is 4.24. The lowest BCUT2D eigenvalue weighted by atomic mass is 9.80. The van der Waals surface area contributed by atoms with Gasteiger partial charge in [0.2, 0.25) is 0 Å². The summed E-state index contributed by atoms with van der Waals surface area (Å²) < 4.78 is 5.69. The maximum atomic E-state index is 12.7. The van der Waals surface area contributed by atoms with Gasteiger partial charge in [0.15, 0.2) is 5.78 Å². The van der Waals surface area contributed by atoms with Gasteiger partial charge in [-0.2, -0.15) is 0 Å². The van der Waals surface area contributed by atoms with Crippen LogP contribution in [0.1, 0.15) is 56.3 Å². The fourth-order valence-electron chi connectivity index (χ4n) is 2.70. The lowest BCUT2D eigenvalue weighted by Gasteiger charge is -2.23. The summed E-state index contributed by atoms with van der Waals surface area (Å²) in [6.45, 7) is 4.84. The van der Waals surface area contributed by atoms with Gasteiger partial charge in [0, 0.05) is 5.41 Å². The van der Waals surface area contributed by atoms with Crippen LogP contribution in [0.15, 0.2) is 24.3 Å². The number of carbonyl (C=O) groups excluding carboxylic acids is 1. The van der Waals surface area contributed by atoms with E-state index >= 15 is 0 Å². The highest BCUT2D eigenvalue weighted by Gasteiger charge is 2.37. The Balaban J connectivity index is 2.24. The summed E-state index contributed by atoms with van der Waals surface area (Å²) in [4.78, 5) is 12.7. The van der Waals surface area contributed by atoms with Crippen LogP contribution in [0.5, 0.6) is 5.75 Å². The summed E-state index contributed by atoms with van der Waals surface area (Å²) in [7, 11) is 0. The number of Topliss-reactive ketones (excluding diaryl/α,β-unsaturated/α-hetero) is 1. The zero-order valence-corrected chi connectivity index (χ0v) is 11.4. The topological polar surface area (TPSA) is 26.3 Å². The van der Waals surface area contributed by atoms with Crippen LogP contribution in [0.2, 0.25) is 0 Å². The molecule has 1 aromatic carbocycles. The van der Waals surface area contributed by atoms with Crippen LogP contribution in [0.4, 0.5) is 0 Å². The minimum absolute atomic E-state index is 0.175. The monoisotopic (exact) mass is 246 g/mol. The van der Waals surface area contributed by atoms with Crippen LogP contribution in [-0.2, 0) is 0 Å². The summed E-state index contributed by atoms with van der Waals surface area (Å²) in [5, 5.41) is 0. The molecule has 2 heteroatoms. The Morgan fingerprint density at radius 1 is 1.28 bits per heavy atom. The molecule has 98 valence electrons. The van der Waals surface area contributed by atoms with Crippen LogP contribution < -0.4 is 4.74 Å². The third kappa shape index (κ3) is 2.58. The van der Waals surface area contributed by atoms with Crippen LogP contribution in [0.25, 0.3) is 0 Å². The van der Waals surface area contributed by atoms with E-state index in [0.29, 0.717) is 6.61 Å². The molecule has 1 saturated carbocycles. The quantitative estimate of drug-likeness (QED) is 0.726. The molecule has 0 radical (unpaired) electrons. The van der Waals surface area contributed by atoms with E-state index in [-0.39, 0.29) is 11.2 Å². The van der Waals surface area contributed by atoms with E-state index in [1.54, 1.807) is 0 Å². The van der Waals surface area contributed by atoms with E-state index in [2.05, 4.69) is 13.8 Å². The molecule has 0 bridgehead atoms. The second-order valence-corrected chi connectivity index (χ2v) is 5.44. The van der Waals surface area contributed by atoms with Crippen LogP contribution in [0, 0.1) is 5.41 Å². The van der Waals surface area contributed by atoms with Crippen molar-refractivity contribution >= 4 is 5.78 Å². The predicted molar refractivity (Wildman–Crippen MR) is 73.1 cm³/mol. The number of hydrogen-bond acceptors (Lipinski definition) is 2. The van der Waals surface area contributed by atoms with Crippen molar-refractivity contribution in [3.8, 4) is 5.75 Å². The number of rotatable bonds is 5. The van der Waals surface area contributed by atoms with Gasteiger partial charge >= 0.3 is 0 Å². The van der Waals surface area contributed by atoms with Gasteiger partial charge in [-0.1, -0.05) is 38.8 Å². The molecule has 2 nitrogen and oxygen atoms in total. The summed E-state index contributed by atoms with van der Waals surface area (Å²) in [6, 6.07) is 7.65. The Morgan fingerprint density at radius 2 is 1.94 bits per heavy atom. The number of carbonyl (C=O) groups is 1. The molecule has 18 heavy (non-hydrogen) atoms. The van der Waals surface area contributed by atoms with E-state index in [9.17, 15) is 4.79 Å². The molecule has 0 aromatic heterocycles. The fourth-order valence-corrected chi connectivity index (χ4v) is 2.70. The number of ketones is 1. The number of ether oxygens (including phenoxy) is 1. The number of benzene rings is 1. The van der Waals surface area contributed by atoms with Crippen LogP contribution in [0.3, 0.4) is 0 Å².